The van der Waals surface area contributed by atoms with Crippen molar-refractivity contribution in [2.24, 2.45) is 0 Å². The van der Waals surface area contributed by atoms with Crippen LogP contribution in [0.3, 0.4) is 0 Å². The zero-order valence-electron chi connectivity index (χ0n) is 14.5. The molecule has 0 atom stereocenters. The van der Waals surface area contributed by atoms with E-state index in [0.29, 0.717) is 30.2 Å². The van der Waals surface area contributed by atoms with Crippen molar-refractivity contribution in [1.29, 1.82) is 0 Å². The molecule has 0 fully saturated rings. The standard InChI is InChI=1S/C20H24FNO2S/c1-2-24-19-12-6-4-8-16(19)10-7-13-22-20(23)15-25-14-17-9-3-5-11-18(17)21/h3-6,8-9,11-12H,2,7,10,13-15H2,1H3,(H,22,23). The normalized spacial score (nSPS) is 10.5. The molecule has 0 spiro atoms. The fourth-order valence-electron chi connectivity index (χ4n) is 2.43. The van der Waals surface area contributed by atoms with Crippen LogP contribution in [0.1, 0.15) is 24.5 Å². The molecule has 0 unspecified atom stereocenters. The number of carbonyl (C=O) groups excluding carboxylic acids is 1. The highest BCUT2D eigenvalue weighted by Gasteiger charge is 2.06. The van der Waals surface area contributed by atoms with Crippen LogP contribution in [0.2, 0.25) is 0 Å². The first-order chi connectivity index (χ1) is 12.2. The van der Waals surface area contributed by atoms with E-state index >= 15 is 0 Å². The van der Waals surface area contributed by atoms with Gasteiger partial charge in [0.2, 0.25) is 5.91 Å². The summed E-state index contributed by atoms with van der Waals surface area (Å²) in [6.07, 6.45) is 1.71. The molecule has 0 aliphatic carbocycles. The van der Waals surface area contributed by atoms with Gasteiger partial charge in [-0.3, -0.25) is 4.79 Å². The van der Waals surface area contributed by atoms with Gasteiger partial charge in [-0.15, -0.1) is 11.8 Å². The van der Waals surface area contributed by atoms with Crippen molar-refractivity contribution in [3.8, 4) is 5.75 Å². The number of ether oxygens (including phenoxy) is 1. The molecule has 3 nitrogen and oxygen atoms in total. The number of amides is 1. The molecule has 0 aliphatic rings. The Morgan fingerprint density at radius 3 is 2.60 bits per heavy atom. The van der Waals surface area contributed by atoms with E-state index in [1.165, 1.54) is 17.8 Å². The average Bonchev–Trinajstić information content (AvgIpc) is 2.62. The van der Waals surface area contributed by atoms with Crippen LogP contribution in [0.4, 0.5) is 4.39 Å². The SMILES string of the molecule is CCOc1ccccc1CCCNC(=O)CSCc1ccccc1F. The van der Waals surface area contributed by atoms with E-state index in [4.69, 9.17) is 4.74 Å². The first-order valence-electron chi connectivity index (χ1n) is 8.49. The summed E-state index contributed by atoms with van der Waals surface area (Å²) >= 11 is 1.42. The Balaban J connectivity index is 1.63. The highest BCUT2D eigenvalue weighted by Crippen LogP contribution is 2.19. The van der Waals surface area contributed by atoms with E-state index in [0.717, 1.165) is 24.2 Å². The van der Waals surface area contributed by atoms with Gasteiger partial charge in [-0.1, -0.05) is 36.4 Å². The van der Waals surface area contributed by atoms with Crippen molar-refractivity contribution >= 4 is 17.7 Å². The fourth-order valence-corrected chi connectivity index (χ4v) is 3.28. The third kappa shape index (κ3) is 6.78. The molecule has 0 heterocycles. The van der Waals surface area contributed by atoms with Crippen molar-refractivity contribution in [2.45, 2.75) is 25.5 Å². The van der Waals surface area contributed by atoms with Crippen LogP contribution in [-0.2, 0) is 17.0 Å². The predicted molar refractivity (Wildman–Crippen MR) is 102 cm³/mol. The smallest absolute Gasteiger partial charge is 0.230 e. The maximum absolute atomic E-state index is 13.5. The second-order valence-electron chi connectivity index (χ2n) is 5.58. The minimum Gasteiger partial charge on any atom is -0.494 e. The van der Waals surface area contributed by atoms with Gasteiger partial charge in [0, 0.05) is 12.3 Å². The van der Waals surface area contributed by atoms with Crippen LogP contribution in [0.25, 0.3) is 0 Å². The van der Waals surface area contributed by atoms with Gasteiger partial charge in [0.15, 0.2) is 0 Å². The highest BCUT2D eigenvalue weighted by atomic mass is 32.2. The zero-order valence-corrected chi connectivity index (χ0v) is 15.3. The number of nitrogens with one attached hydrogen (secondary N) is 1. The fraction of sp³-hybridized carbons (Fsp3) is 0.350. The van der Waals surface area contributed by atoms with Gasteiger partial charge < -0.3 is 10.1 Å². The Kier molecular flexibility index (Phi) is 8.32. The molecule has 2 aromatic carbocycles. The second-order valence-corrected chi connectivity index (χ2v) is 6.56. The Morgan fingerprint density at radius 2 is 1.84 bits per heavy atom. The van der Waals surface area contributed by atoms with Gasteiger partial charge in [0.1, 0.15) is 11.6 Å². The van der Waals surface area contributed by atoms with Gasteiger partial charge in [-0.25, -0.2) is 4.39 Å². The number of benzene rings is 2. The lowest BCUT2D eigenvalue weighted by atomic mass is 10.1. The monoisotopic (exact) mass is 361 g/mol. The number of aryl methyl sites for hydroxylation is 1. The van der Waals surface area contributed by atoms with Crippen molar-refractivity contribution in [2.75, 3.05) is 18.9 Å². The van der Waals surface area contributed by atoms with Crippen LogP contribution < -0.4 is 10.1 Å². The maximum Gasteiger partial charge on any atom is 0.230 e. The molecule has 0 saturated heterocycles. The molecular formula is C20H24FNO2S. The van der Waals surface area contributed by atoms with Crippen molar-refractivity contribution in [3.05, 3.63) is 65.5 Å². The molecule has 0 aromatic heterocycles. The largest absolute Gasteiger partial charge is 0.494 e. The van der Waals surface area contributed by atoms with Crippen LogP contribution in [0.5, 0.6) is 5.75 Å². The molecule has 0 saturated carbocycles. The van der Waals surface area contributed by atoms with Gasteiger partial charge in [-0.2, -0.15) is 0 Å². The lowest BCUT2D eigenvalue weighted by Gasteiger charge is -2.10. The lowest BCUT2D eigenvalue weighted by molar-refractivity contribution is -0.118. The molecule has 1 amide bonds. The quantitative estimate of drug-likeness (QED) is 0.644. The van der Waals surface area contributed by atoms with E-state index in [1.54, 1.807) is 18.2 Å². The molecule has 2 aromatic rings. The van der Waals surface area contributed by atoms with Crippen molar-refractivity contribution < 1.29 is 13.9 Å². The Bertz CT molecular complexity index is 678. The average molecular weight is 361 g/mol. The first-order valence-corrected chi connectivity index (χ1v) is 9.64. The summed E-state index contributed by atoms with van der Waals surface area (Å²) in [7, 11) is 0. The van der Waals surface area contributed by atoms with E-state index in [1.807, 2.05) is 25.1 Å². The van der Waals surface area contributed by atoms with Crippen molar-refractivity contribution in [3.63, 3.8) is 0 Å². The predicted octanol–water partition coefficient (Wildman–Crippen LogP) is 4.21. The molecule has 0 bridgehead atoms. The molecule has 2 rings (SSSR count). The summed E-state index contributed by atoms with van der Waals surface area (Å²) in [4.78, 5) is 11.8. The van der Waals surface area contributed by atoms with Crippen LogP contribution in [-0.4, -0.2) is 24.8 Å². The molecule has 0 aliphatic heterocycles. The van der Waals surface area contributed by atoms with E-state index in [-0.39, 0.29) is 11.7 Å². The Hall–Kier alpha value is -2.01. The van der Waals surface area contributed by atoms with Gasteiger partial charge in [-0.05, 0) is 43.0 Å². The number of carbonyl (C=O) groups is 1. The van der Waals surface area contributed by atoms with Gasteiger partial charge in [0.05, 0.1) is 12.4 Å². The first kappa shape index (κ1) is 19.3. The van der Waals surface area contributed by atoms with E-state index in [9.17, 15) is 9.18 Å². The highest BCUT2D eigenvalue weighted by molar-refractivity contribution is 7.99. The summed E-state index contributed by atoms with van der Waals surface area (Å²) in [5, 5.41) is 2.91. The second kappa shape index (κ2) is 10.8. The Morgan fingerprint density at radius 1 is 1.12 bits per heavy atom. The van der Waals surface area contributed by atoms with Gasteiger partial charge in [0.25, 0.3) is 0 Å². The number of para-hydroxylation sites is 1. The summed E-state index contributed by atoms with van der Waals surface area (Å²) in [5.41, 5.74) is 1.79. The van der Waals surface area contributed by atoms with Crippen LogP contribution in [0, 0.1) is 5.82 Å². The zero-order chi connectivity index (χ0) is 17.9. The number of hydrogen-bond acceptors (Lipinski definition) is 3. The summed E-state index contributed by atoms with van der Waals surface area (Å²) in [6.45, 7) is 3.24. The van der Waals surface area contributed by atoms with Crippen LogP contribution >= 0.6 is 11.8 Å². The molecule has 5 heteroatoms. The third-order valence-corrected chi connectivity index (χ3v) is 4.65. The minimum absolute atomic E-state index is 0.0144. The third-order valence-electron chi connectivity index (χ3n) is 3.67. The lowest BCUT2D eigenvalue weighted by Crippen LogP contribution is -2.26. The van der Waals surface area contributed by atoms with E-state index in [2.05, 4.69) is 11.4 Å². The minimum atomic E-state index is -0.219. The number of thioether (sulfide) groups is 1. The topological polar surface area (TPSA) is 38.3 Å². The Labute approximate surface area is 153 Å². The maximum atomic E-state index is 13.5. The summed E-state index contributed by atoms with van der Waals surface area (Å²) < 4.78 is 19.1. The number of rotatable bonds is 10. The molecule has 0 radical (unpaired) electrons. The number of halogens is 1. The van der Waals surface area contributed by atoms with Crippen LogP contribution in [0.15, 0.2) is 48.5 Å². The molecule has 25 heavy (non-hydrogen) atoms. The number of hydrogen-bond donors (Lipinski definition) is 1. The molecule has 134 valence electrons. The summed E-state index contributed by atoms with van der Waals surface area (Å²) in [5.74, 6) is 1.52. The van der Waals surface area contributed by atoms with Crippen molar-refractivity contribution in [1.82, 2.24) is 5.32 Å². The van der Waals surface area contributed by atoms with E-state index < -0.39 is 0 Å². The van der Waals surface area contributed by atoms with Gasteiger partial charge >= 0.3 is 0 Å². The molecular weight excluding hydrogens is 337 g/mol. The summed E-state index contributed by atoms with van der Waals surface area (Å²) in [6, 6.07) is 14.6. The molecule has 1 N–H and O–H groups in total.